The van der Waals surface area contributed by atoms with E-state index in [1.807, 2.05) is 18.4 Å². The van der Waals surface area contributed by atoms with Crippen LogP contribution in [0, 0.1) is 0 Å². The Morgan fingerprint density at radius 3 is 2.75 bits per heavy atom. The molecule has 20 heavy (non-hydrogen) atoms. The fourth-order valence-electron chi connectivity index (χ4n) is 1.84. The van der Waals surface area contributed by atoms with Crippen molar-refractivity contribution in [2.24, 2.45) is 5.73 Å². The highest BCUT2D eigenvalue weighted by Gasteiger charge is 2.12. The van der Waals surface area contributed by atoms with Gasteiger partial charge in [0.15, 0.2) is 0 Å². The first-order valence-corrected chi connectivity index (χ1v) is 7.25. The van der Waals surface area contributed by atoms with Crippen molar-refractivity contribution in [3.8, 4) is 5.75 Å². The maximum atomic E-state index is 11.2. The summed E-state index contributed by atoms with van der Waals surface area (Å²) < 4.78 is 6.03. The van der Waals surface area contributed by atoms with Crippen LogP contribution < -0.4 is 15.8 Å². The third kappa shape index (κ3) is 3.23. The van der Waals surface area contributed by atoms with Gasteiger partial charge in [0, 0.05) is 11.6 Å². The molecule has 4 nitrogen and oxygen atoms in total. The average molecular weight is 311 g/mol. The molecule has 0 saturated carbocycles. The van der Waals surface area contributed by atoms with E-state index >= 15 is 0 Å². The first-order chi connectivity index (χ1) is 9.51. The van der Waals surface area contributed by atoms with Crippen LogP contribution in [0.25, 0.3) is 0 Å². The number of carbonyl (C=O) groups excluding carboxylic acids is 1. The summed E-state index contributed by atoms with van der Waals surface area (Å²) in [5.74, 6) is 0.185. The number of primary amides is 1. The number of nitrogens with one attached hydrogen (secondary N) is 1. The summed E-state index contributed by atoms with van der Waals surface area (Å²) in [6, 6.07) is 6.99. The Morgan fingerprint density at radius 2 is 2.20 bits per heavy atom. The Hall–Kier alpha value is -1.72. The number of methoxy groups -OCH3 is 1. The molecule has 2 aromatic rings. The zero-order chi connectivity index (χ0) is 14.7. The SMILES string of the molecule is COc1ccc(C(N)=O)cc1NC(C)c1csc(Cl)c1. The van der Waals surface area contributed by atoms with Crippen LogP contribution in [-0.4, -0.2) is 13.0 Å². The number of halogens is 1. The Kier molecular flexibility index (Phi) is 4.52. The lowest BCUT2D eigenvalue weighted by atomic mass is 10.1. The van der Waals surface area contributed by atoms with E-state index in [1.165, 1.54) is 11.3 Å². The Morgan fingerprint density at radius 1 is 1.45 bits per heavy atom. The molecule has 1 amide bonds. The Bertz CT molecular complexity index is 627. The number of rotatable bonds is 5. The smallest absolute Gasteiger partial charge is 0.248 e. The molecule has 0 fully saturated rings. The number of hydrogen-bond acceptors (Lipinski definition) is 4. The Labute approximate surface area is 126 Å². The molecule has 6 heteroatoms. The monoisotopic (exact) mass is 310 g/mol. The summed E-state index contributed by atoms with van der Waals surface area (Å²) in [7, 11) is 1.58. The molecular weight excluding hydrogens is 296 g/mol. The van der Waals surface area contributed by atoms with E-state index in [2.05, 4.69) is 5.32 Å². The van der Waals surface area contributed by atoms with Crippen LogP contribution >= 0.6 is 22.9 Å². The molecule has 2 rings (SSSR count). The van der Waals surface area contributed by atoms with Gasteiger partial charge in [-0.25, -0.2) is 0 Å². The van der Waals surface area contributed by atoms with Crippen molar-refractivity contribution in [1.82, 2.24) is 0 Å². The van der Waals surface area contributed by atoms with Gasteiger partial charge in [0.1, 0.15) is 5.75 Å². The minimum absolute atomic E-state index is 0.0378. The van der Waals surface area contributed by atoms with Crippen molar-refractivity contribution >= 4 is 34.5 Å². The molecule has 0 aliphatic carbocycles. The molecule has 1 unspecified atom stereocenters. The second-order valence-electron chi connectivity index (χ2n) is 4.33. The molecule has 0 bridgehead atoms. The fourth-order valence-corrected chi connectivity index (χ4v) is 2.83. The van der Waals surface area contributed by atoms with Gasteiger partial charge < -0.3 is 15.8 Å². The lowest BCUT2D eigenvalue weighted by molar-refractivity contribution is 0.100. The maximum Gasteiger partial charge on any atom is 0.248 e. The molecule has 0 aliphatic heterocycles. The predicted octanol–water partition coefficient (Wildman–Crippen LogP) is 3.68. The molecule has 3 N–H and O–H groups in total. The minimum atomic E-state index is -0.470. The predicted molar refractivity (Wildman–Crippen MR) is 82.9 cm³/mol. The standard InChI is InChI=1S/C14H15ClN2O2S/c1-8(10-6-13(15)20-7-10)17-11-5-9(14(16)18)3-4-12(11)19-2/h3-8,17H,1-2H3,(H2,16,18). The molecule has 1 aromatic heterocycles. The van der Waals surface area contributed by atoms with Crippen molar-refractivity contribution in [2.75, 3.05) is 12.4 Å². The van der Waals surface area contributed by atoms with Gasteiger partial charge in [-0.3, -0.25) is 4.79 Å². The van der Waals surface area contributed by atoms with Gasteiger partial charge in [0.25, 0.3) is 0 Å². The minimum Gasteiger partial charge on any atom is -0.495 e. The first kappa shape index (κ1) is 14.7. The number of thiophene rings is 1. The lowest BCUT2D eigenvalue weighted by Crippen LogP contribution is -2.12. The molecule has 1 aromatic carbocycles. The zero-order valence-electron chi connectivity index (χ0n) is 11.1. The first-order valence-electron chi connectivity index (χ1n) is 5.99. The van der Waals surface area contributed by atoms with E-state index in [4.69, 9.17) is 22.1 Å². The average Bonchev–Trinajstić information content (AvgIpc) is 2.85. The zero-order valence-corrected chi connectivity index (χ0v) is 12.7. The fraction of sp³-hybridized carbons (Fsp3) is 0.214. The highest BCUT2D eigenvalue weighted by molar-refractivity contribution is 7.14. The van der Waals surface area contributed by atoms with E-state index in [0.717, 1.165) is 15.6 Å². The lowest BCUT2D eigenvalue weighted by Gasteiger charge is -2.17. The van der Waals surface area contributed by atoms with Crippen molar-refractivity contribution < 1.29 is 9.53 Å². The molecule has 1 atom stereocenters. The van der Waals surface area contributed by atoms with Crippen LogP contribution in [0.5, 0.6) is 5.75 Å². The third-order valence-corrected chi connectivity index (χ3v) is 4.05. The summed E-state index contributed by atoms with van der Waals surface area (Å²) in [4.78, 5) is 11.2. The van der Waals surface area contributed by atoms with Gasteiger partial charge in [0.05, 0.1) is 17.1 Å². The maximum absolute atomic E-state index is 11.2. The summed E-state index contributed by atoms with van der Waals surface area (Å²) in [5, 5.41) is 5.29. The summed E-state index contributed by atoms with van der Waals surface area (Å²) >= 11 is 7.42. The van der Waals surface area contributed by atoms with Crippen molar-refractivity contribution in [3.05, 3.63) is 45.1 Å². The van der Waals surface area contributed by atoms with Gasteiger partial charge in [0.2, 0.25) is 5.91 Å². The second-order valence-corrected chi connectivity index (χ2v) is 5.87. The van der Waals surface area contributed by atoms with E-state index in [-0.39, 0.29) is 6.04 Å². The molecule has 106 valence electrons. The second kappa shape index (κ2) is 6.15. The highest BCUT2D eigenvalue weighted by Crippen LogP contribution is 2.31. The van der Waals surface area contributed by atoms with Crippen LogP contribution in [0.3, 0.4) is 0 Å². The van der Waals surface area contributed by atoms with Gasteiger partial charge in [-0.15, -0.1) is 11.3 Å². The number of amides is 1. The van der Waals surface area contributed by atoms with Crippen LogP contribution in [0.1, 0.15) is 28.9 Å². The molecule has 0 saturated heterocycles. The van der Waals surface area contributed by atoms with Crippen molar-refractivity contribution in [3.63, 3.8) is 0 Å². The Balaban J connectivity index is 2.27. The normalized spacial score (nSPS) is 11.9. The van der Waals surface area contributed by atoms with Gasteiger partial charge in [-0.05, 0) is 42.1 Å². The number of ether oxygens (including phenoxy) is 1. The summed E-state index contributed by atoms with van der Waals surface area (Å²) in [6.45, 7) is 2.01. The number of anilines is 1. The van der Waals surface area contributed by atoms with Crippen LogP contribution in [0.4, 0.5) is 5.69 Å². The quantitative estimate of drug-likeness (QED) is 0.885. The van der Waals surface area contributed by atoms with Crippen LogP contribution in [0.2, 0.25) is 4.34 Å². The van der Waals surface area contributed by atoms with Crippen molar-refractivity contribution in [1.29, 1.82) is 0 Å². The summed E-state index contributed by atoms with van der Waals surface area (Å²) in [6.07, 6.45) is 0. The van der Waals surface area contributed by atoms with E-state index in [0.29, 0.717) is 11.3 Å². The topological polar surface area (TPSA) is 64.3 Å². The third-order valence-electron chi connectivity index (χ3n) is 2.94. The molecule has 1 heterocycles. The van der Waals surface area contributed by atoms with Crippen LogP contribution in [-0.2, 0) is 0 Å². The van der Waals surface area contributed by atoms with E-state index in [1.54, 1.807) is 25.3 Å². The van der Waals surface area contributed by atoms with E-state index < -0.39 is 5.91 Å². The number of nitrogens with two attached hydrogens (primary N) is 1. The summed E-state index contributed by atoms with van der Waals surface area (Å²) in [5.41, 5.74) is 7.53. The molecule has 0 aliphatic rings. The largest absolute Gasteiger partial charge is 0.495 e. The van der Waals surface area contributed by atoms with Gasteiger partial charge >= 0.3 is 0 Å². The number of carbonyl (C=O) groups is 1. The molecular formula is C14H15ClN2O2S. The van der Waals surface area contributed by atoms with Crippen LogP contribution in [0.15, 0.2) is 29.6 Å². The van der Waals surface area contributed by atoms with Gasteiger partial charge in [-0.1, -0.05) is 11.6 Å². The molecule has 0 spiro atoms. The van der Waals surface area contributed by atoms with E-state index in [9.17, 15) is 4.79 Å². The number of benzene rings is 1. The van der Waals surface area contributed by atoms with Gasteiger partial charge in [-0.2, -0.15) is 0 Å². The molecule has 0 radical (unpaired) electrons. The number of hydrogen-bond donors (Lipinski definition) is 2. The highest BCUT2D eigenvalue weighted by atomic mass is 35.5. The van der Waals surface area contributed by atoms with Crippen molar-refractivity contribution in [2.45, 2.75) is 13.0 Å².